The summed E-state index contributed by atoms with van der Waals surface area (Å²) in [6.07, 6.45) is 1.36. The lowest BCUT2D eigenvalue weighted by Gasteiger charge is -2.24. The highest BCUT2D eigenvalue weighted by molar-refractivity contribution is 6.31. The fourth-order valence-corrected chi connectivity index (χ4v) is 3.72. The van der Waals surface area contributed by atoms with Crippen molar-refractivity contribution < 1.29 is 19.4 Å². The van der Waals surface area contributed by atoms with Gasteiger partial charge in [-0.2, -0.15) is 0 Å². The number of pyridine rings is 2. The van der Waals surface area contributed by atoms with E-state index in [9.17, 15) is 14.7 Å². The molecule has 31 heavy (non-hydrogen) atoms. The van der Waals surface area contributed by atoms with Gasteiger partial charge in [-0.1, -0.05) is 55.8 Å². The van der Waals surface area contributed by atoms with Gasteiger partial charge in [-0.3, -0.25) is 4.79 Å². The Morgan fingerprint density at radius 1 is 1.32 bits per heavy atom. The van der Waals surface area contributed by atoms with Crippen molar-refractivity contribution in [1.29, 1.82) is 0 Å². The van der Waals surface area contributed by atoms with Crippen molar-refractivity contribution in [3.05, 3.63) is 75.2 Å². The molecule has 2 aromatic heterocycles. The fourth-order valence-electron chi connectivity index (χ4n) is 3.53. The summed E-state index contributed by atoms with van der Waals surface area (Å²) in [5, 5.41) is 9.52. The number of halogens is 1. The van der Waals surface area contributed by atoms with E-state index in [1.54, 1.807) is 10.6 Å². The smallest absolute Gasteiger partial charge is 0.341 e. The normalized spacial score (nSPS) is 14.9. The van der Waals surface area contributed by atoms with Gasteiger partial charge in [-0.25, -0.2) is 9.78 Å². The number of carboxylic acid groups (broad SMARTS) is 1. The average Bonchev–Trinajstić information content (AvgIpc) is 2.88. The number of carbonyl (C=O) groups is 1. The Morgan fingerprint density at radius 2 is 2.06 bits per heavy atom. The Kier molecular flexibility index (Phi) is 5.69. The van der Waals surface area contributed by atoms with Crippen molar-refractivity contribution in [2.24, 2.45) is 5.92 Å². The molecular formula is C23H21ClN2O5. The number of benzene rings is 1. The van der Waals surface area contributed by atoms with Gasteiger partial charge in [0.05, 0.1) is 11.7 Å². The number of ether oxygens (including phenoxy) is 2. The summed E-state index contributed by atoms with van der Waals surface area (Å²) in [7, 11) is 0. The highest BCUT2D eigenvalue weighted by Crippen LogP contribution is 2.40. The number of aromatic carboxylic acids is 1. The summed E-state index contributed by atoms with van der Waals surface area (Å²) in [5.74, 6) is -0.375. The monoisotopic (exact) mass is 440 g/mol. The van der Waals surface area contributed by atoms with E-state index in [4.69, 9.17) is 21.1 Å². The molecule has 1 aromatic carbocycles. The van der Waals surface area contributed by atoms with Crippen LogP contribution in [0.5, 0.6) is 11.5 Å². The molecule has 1 aliphatic rings. The average molecular weight is 441 g/mol. The summed E-state index contributed by atoms with van der Waals surface area (Å²) in [6, 6.07) is 12.4. The van der Waals surface area contributed by atoms with Crippen LogP contribution < -0.4 is 14.9 Å². The highest BCUT2D eigenvalue weighted by Gasteiger charge is 2.28. The quantitative estimate of drug-likeness (QED) is 0.590. The van der Waals surface area contributed by atoms with E-state index < -0.39 is 11.4 Å². The third-order valence-electron chi connectivity index (χ3n) is 5.24. The third kappa shape index (κ3) is 4.14. The van der Waals surface area contributed by atoms with E-state index in [0.29, 0.717) is 29.5 Å². The standard InChI is InChI=1S/C23H21ClN2O5/c1-13(2)17-12-31-19-9-20(30-11-14-6-4-3-5-7-14)22(24)25-21(19)16-8-18(27)15(23(28)29)10-26(16)17/h3-10,13,17H,11-12H2,1-2H3,(H,28,29)/t17-/m0/s1. The predicted molar refractivity (Wildman–Crippen MR) is 116 cm³/mol. The molecule has 3 heterocycles. The molecule has 1 aliphatic heterocycles. The minimum absolute atomic E-state index is 0.112. The highest BCUT2D eigenvalue weighted by atomic mass is 35.5. The lowest BCUT2D eigenvalue weighted by Crippen LogP contribution is -2.25. The minimum atomic E-state index is -1.27. The van der Waals surface area contributed by atoms with Gasteiger partial charge in [-0.15, -0.1) is 0 Å². The Morgan fingerprint density at radius 3 is 2.74 bits per heavy atom. The summed E-state index contributed by atoms with van der Waals surface area (Å²) < 4.78 is 13.6. The van der Waals surface area contributed by atoms with Gasteiger partial charge in [0.15, 0.2) is 22.1 Å². The van der Waals surface area contributed by atoms with E-state index in [1.807, 2.05) is 44.2 Å². The van der Waals surface area contributed by atoms with Crippen molar-refractivity contribution in [3.8, 4) is 22.9 Å². The molecule has 0 spiro atoms. The molecule has 0 amide bonds. The van der Waals surface area contributed by atoms with Crippen LogP contribution in [0.3, 0.4) is 0 Å². The number of aromatic nitrogens is 2. The van der Waals surface area contributed by atoms with Gasteiger partial charge in [0.1, 0.15) is 24.5 Å². The Hall–Kier alpha value is -3.32. The Bertz CT molecular complexity index is 1190. The summed E-state index contributed by atoms with van der Waals surface area (Å²) in [5.41, 5.74) is 0.905. The van der Waals surface area contributed by atoms with Gasteiger partial charge in [0.2, 0.25) is 0 Å². The second-order valence-electron chi connectivity index (χ2n) is 7.67. The third-order valence-corrected chi connectivity index (χ3v) is 5.51. The molecule has 0 radical (unpaired) electrons. The first-order valence-corrected chi connectivity index (χ1v) is 10.2. The van der Waals surface area contributed by atoms with Crippen LogP contribution in [-0.4, -0.2) is 27.2 Å². The van der Waals surface area contributed by atoms with Crippen LogP contribution in [0.1, 0.15) is 35.8 Å². The van der Waals surface area contributed by atoms with E-state index in [2.05, 4.69) is 4.98 Å². The van der Waals surface area contributed by atoms with Crippen LogP contribution in [0, 0.1) is 5.92 Å². The van der Waals surface area contributed by atoms with Crippen LogP contribution >= 0.6 is 11.6 Å². The van der Waals surface area contributed by atoms with E-state index in [1.165, 1.54) is 12.3 Å². The van der Waals surface area contributed by atoms with Crippen LogP contribution in [-0.2, 0) is 6.61 Å². The largest absolute Gasteiger partial charge is 0.489 e. The molecule has 4 rings (SSSR count). The van der Waals surface area contributed by atoms with Gasteiger partial charge in [0, 0.05) is 18.3 Å². The Labute approximate surface area is 183 Å². The van der Waals surface area contributed by atoms with E-state index >= 15 is 0 Å². The van der Waals surface area contributed by atoms with Crippen molar-refractivity contribution in [3.63, 3.8) is 0 Å². The van der Waals surface area contributed by atoms with Gasteiger partial charge in [0.25, 0.3) is 0 Å². The molecule has 0 fully saturated rings. The number of nitrogens with zero attached hydrogens (tertiary/aromatic N) is 2. The van der Waals surface area contributed by atoms with Crippen LogP contribution in [0.15, 0.2) is 53.5 Å². The molecule has 160 valence electrons. The fraction of sp³-hybridized carbons (Fsp3) is 0.261. The lowest BCUT2D eigenvalue weighted by molar-refractivity contribution is 0.0694. The first-order valence-electron chi connectivity index (χ1n) is 9.85. The number of fused-ring (bicyclic) bond motifs is 3. The van der Waals surface area contributed by atoms with Crippen molar-refractivity contribution >= 4 is 17.6 Å². The maximum atomic E-state index is 12.4. The summed E-state index contributed by atoms with van der Waals surface area (Å²) in [4.78, 5) is 28.4. The van der Waals surface area contributed by atoms with Crippen LogP contribution in [0.2, 0.25) is 5.15 Å². The molecule has 0 saturated heterocycles. The number of hydrogen-bond acceptors (Lipinski definition) is 5. The second-order valence-corrected chi connectivity index (χ2v) is 8.03. The van der Waals surface area contributed by atoms with Gasteiger partial charge >= 0.3 is 5.97 Å². The van der Waals surface area contributed by atoms with Crippen molar-refractivity contribution in [1.82, 2.24) is 9.55 Å². The van der Waals surface area contributed by atoms with E-state index in [0.717, 1.165) is 5.56 Å². The number of carboxylic acids is 1. The first-order chi connectivity index (χ1) is 14.8. The topological polar surface area (TPSA) is 90.7 Å². The Balaban J connectivity index is 1.79. The number of rotatable bonds is 5. The molecule has 1 N–H and O–H groups in total. The summed E-state index contributed by atoms with van der Waals surface area (Å²) >= 11 is 6.39. The van der Waals surface area contributed by atoms with Crippen molar-refractivity contribution in [2.45, 2.75) is 26.5 Å². The number of hydrogen-bond donors (Lipinski definition) is 1. The van der Waals surface area contributed by atoms with Gasteiger partial charge in [-0.05, 0) is 11.5 Å². The van der Waals surface area contributed by atoms with Crippen LogP contribution in [0.25, 0.3) is 11.4 Å². The molecule has 0 saturated carbocycles. The molecule has 1 atom stereocenters. The molecule has 3 aromatic rings. The zero-order valence-corrected chi connectivity index (χ0v) is 17.8. The predicted octanol–water partition coefficient (Wildman–Crippen LogP) is 4.43. The first kappa shape index (κ1) is 20.9. The molecule has 8 heteroatoms. The summed E-state index contributed by atoms with van der Waals surface area (Å²) in [6.45, 7) is 4.59. The SMILES string of the molecule is CC(C)[C@@H]1COc2cc(OCc3ccccc3)c(Cl)nc2-c2cc(=O)c(C(=O)O)cn21. The molecule has 0 unspecified atom stereocenters. The maximum absolute atomic E-state index is 12.4. The zero-order chi connectivity index (χ0) is 22.1. The minimum Gasteiger partial charge on any atom is -0.489 e. The molecule has 7 nitrogen and oxygen atoms in total. The molecular weight excluding hydrogens is 420 g/mol. The zero-order valence-electron chi connectivity index (χ0n) is 17.0. The molecule has 0 aliphatic carbocycles. The van der Waals surface area contributed by atoms with Crippen molar-refractivity contribution in [2.75, 3.05) is 6.61 Å². The van der Waals surface area contributed by atoms with Gasteiger partial charge < -0.3 is 19.1 Å². The van der Waals surface area contributed by atoms with E-state index in [-0.39, 0.29) is 29.3 Å². The van der Waals surface area contributed by atoms with Crippen LogP contribution in [0.4, 0.5) is 0 Å². The lowest BCUT2D eigenvalue weighted by atomic mass is 10.0. The second kappa shape index (κ2) is 8.43. The molecule has 0 bridgehead atoms. The maximum Gasteiger partial charge on any atom is 0.341 e.